The van der Waals surface area contributed by atoms with Crippen LogP contribution in [0.4, 0.5) is 10.1 Å². The normalized spacial score (nSPS) is 10.7. The van der Waals surface area contributed by atoms with Gasteiger partial charge in [0.05, 0.1) is 12.0 Å². The van der Waals surface area contributed by atoms with Gasteiger partial charge in [-0.25, -0.2) is 9.18 Å². The molecule has 7 nitrogen and oxygen atoms in total. The van der Waals surface area contributed by atoms with Gasteiger partial charge < -0.3 is 9.47 Å². The molecule has 0 saturated heterocycles. The van der Waals surface area contributed by atoms with Crippen LogP contribution in [0.1, 0.15) is 5.56 Å². The van der Waals surface area contributed by atoms with Crippen LogP contribution in [0.25, 0.3) is 6.08 Å². The number of nitriles is 1. The molecule has 0 aliphatic rings. The highest BCUT2D eigenvalue weighted by Crippen LogP contribution is 2.32. The van der Waals surface area contributed by atoms with E-state index in [2.05, 4.69) is 4.74 Å². The fraction of sp³-hybridized carbons (Fsp3) is 0.0588. The van der Waals surface area contributed by atoms with Crippen molar-refractivity contribution in [3.05, 3.63) is 69.5 Å². The molecule has 0 saturated carbocycles. The van der Waals surface area contributed by atoms with Gasteiger partial charge in [-0.2, -0.15) is 5.26 Å². The van der Waals surface area contributed by atoms with Crippen LogP contribution in [0, 0.1) is 27.3 Å². The number of rotatable bonds is 5. The van der Waals surface area contributed by atoms with E-state index in [1.54, 1.807) is 6.07 Å². The highest BCUT2D eigenvalue weighted by molar-refractivity contribution is 5.97. The predicted octanol–water partition coefficient (Wildman–Crippen LogP) is 3.61. The van der Waals surface area contributed by atoms with Crippen LogP contribution in [0.5, 0.6) is 11.5 Å². The third-order valence-electron chi connectivity index (χ3n) is 3.06. The monoisotopic (exact) mass is 342 g/mol. The van der Waals surface area contributed by atoms with Crippen molar-refractivity contribution in [2.75, 3.05) is 7.11 Å². The molecule has 0 aliphatic heterocycles. The van der Waals surface area contributed by atoms with Gasteiger partial charge >= 0.3 is 11.7 Å². The van der Waals surface area contributed by atoms with Crippen molar-refractivity contribution in [1.29, 1.82) is 5.26 Å². The fourth-order valence-electron chi connectivity index (χ4n) is 1.90. The number of carbonyl (C=O) groups excluding carboxylic acids is 1. The third-order valence-corrected chi connectivity index (χ3v) is 3.06. The highest BCUT2D eigenvalue weighted by Gasteiger charge is 2.17. The molecule has 0 atom stereocenters. The smallest absolute Gasteiger partial charge is 0.348 e. The largest absolute Gasteiger partial charge is 0.465 e. The summed E-state index contributed by atoms with van der Waals surface area (Å²) in [7, 11) is 1.12. The summed E-state index contributed by atoms with van der Waals surface area (Å²) < 4.78 is 22.7. The Labute approximate surface area is 141 Å². The van der Waals surface area contributed by atoms with Crippen molar-refractivity contribution in [1.82, 2.24) is 0 Å². The van der Waals surface area contributed by atoms with E-state index in [1.165, 1.54) is 30.3 Å². The van der Waals surface area contributed by atoms with Gasteiger partial charge in [-0.05, 0) is 42.0 Å². The Morgan fingerprint density at radius 2 is 1.96 bits per heavy atom. The molecular formula is C17H11FN2O5. The SMILES string of the molecule is COC(=O)C(C#N)=Cc1ccc(Oc2ccc(F)cc2)c([N+](=O)[O-])c1. The number of ether oxygens (including phenoxy) is 2. The summed E-state index contributed by atoms with van der Waals surface area (Å²) in [5, 5.41) is 20.2. The molecule has 0 amide bonds. The van der Waals surface area contributed by atoms with Gasteiger partial charge in [0.15, 0.2) is 0 Å². The maximum atomic E-state index is 12.9. The number of hydrogen-bond donors (Lipinski definition) is 0. The van der Waals surface area contributed by atoms with E-state index >= 15 is 0 Å². The summed E-state index contributed by atoms with van der Waals surface area (Å²) in [5.74, 6) is -1.16. The van der Waals surface area contributed by atoms with Crippen molar-refractivity contribution >= 4 is 17.7 Å². The first-order valence-corrected chi connectivity index (χ1v) is 6.86. The van der Waals surface area contributed by atoms with Crippen molar-refractivity contribution < 1.29 is 23.6 Å². The lowest BCUT2D eigenvalue weighted by Crippen LogP contribution is -2.02. The highest BCUT2D eigenvalue weighted by atomic mass is 19.1. The van der Waals surface area contributed by atoms with E-state index in [9.17, 15) is 19.3 Å². The Morgan fingerprint density at radius 3 is 2.52 bits per heavy atom. The molecule has 0 spiro atoms. The van der Waals surface area contributed by atoms with E-state index in [1.807, 2.05) is 0 Å². The predicted molar refractivity (Wildman–Crippen MR) is 85.2 cm³/mol. The molecule has 0 fully saturated rings. The number of halogens is 1. The molecule has 2 aromatic carbocycles. The van der Waals surface area contributed by atoms with E-state index < -0.39 is 16.7 Å². The summed E-state index contributed by atoms with van der Waals surface area (Å²) >= 11 is 0. The zero-order valence-electron chi connectivity index (χ0n) is 12.9. The zero-order chi connectivity index (χ0) is 18.4. The maximum Gasteiger partial charge on any atom is 0.348 e. The minimum absolute atomic E-state index is 0.0645. The molecular weight excluding hydrogens is 331 g/mol. The summed E-state index contributed by atoms with van der Waals surface area (Å²) in [4.78, 5) is 22.0. The third kappa shape index (κ3) is 4.39. The minimum Gasteiger partial charge on any atom is -0.465 e. The number of carbonyl (C=O) groups is 1. The molecule has 2 rings (SSSR count). The van der Waals surface area contributed by atoms with Gasteiger partial charge in [-0.15, -0.1) is 0 Å². The van der Waals surface area contributed by atoms with Crippen LogP contribution in [0.15, 0.2) is 48.0 Å². The molecule has 0 N–H and O–H groups in total. The number of benzene rings is 2. The van der Waals surface area contributed by atoms with Crippen molar-refractivity contribution in [2.45, 2.75) is 0 Å². The fourth-order valence-corrected chi connectivity index (χ4v) is 1.90. The van der Waals surface area contributed by atoms with E-state index in [4.69, 9.17) is 10.00 Å². The minimum atomic E-state index is -0.850. The molecule has 0 aromatic heterocycles. The molecule has 0 aliphatic carbocycles. The van der Waals surface area contributed by atoms with Gasteiger partial charge in [0.2, 0.25) is 5.75 Å². The lowest BCUT2D eigenvalue weighted by molar-refractivity contribution is -0.385. The molecule has 126 valence electrons. The number of methoxy groups -OCH3 is 1. The molecule has 0 unspecified atom stereocenters. The van der Waals surface area contributed by atoms with Crippen LogP contribution in [-0.4, -0.2) is 18.0 Å². The first-order chi connectivity index (χ1) is 11.9. The maximum absolute atomic E-state index is 12.9. The van der Waals surface area contributed by atoms with Crippen molar-refractivity contribution in [3.63, 3.8) is 0 Å². The summed E-state index contributed by atoms with van der Waals surface area (Å²) in [6.45, 7) is 0. The lowest BCUT2D eigenvalue weighted by Gasteiger charge is -2.07. The second-order valence-corrected chi connectivity index (χ2v) is 4.70. The van der Waals surface area contributed by atoms with Crippen LogP contribution in [0.2, 0.25) is 0 Å². The first kappa shape index (κ1) is 17.6. The average Bonchev–Trinajstić information content (AvgIpc) is 2.61. The van der Waals surface area contributed by atoms with Gasteiger partial charge in [0.25, 0.3) is 0 Å². The summed E-state index contributed by atoms with van der Waals surface area (Å²) in [5.41, 5.74) is -0.427. The lowest BCUT2D eigenvalue weighted by atomic mass is 10.1. The molecule has 2 aromatic rings. The van der Waals surface area contributed by atoms with Gasteiger partial charge in [-0.3, -0.25) is 10.1 Å². The molecule has 0 heterocycles. The van der Waals surface area contributed by atoms with Crippen LogP contribution < -0.4 is 4.74 Å². The number of hydrogen-bond acceptors (Lipinski definition) is 6. The quantitative estimate of drug-likeness (QED) is 0.270. The van der Waals surface area contributed by atoms with Crippen LogP contribution >= 0.6 is 0 Å². The van der Waals surface area contributed by atoms with Crippen LogP contribution in [0.3, 0.4) is 0 Å². The first-order valence-electron chi connectivity index (χ1n) is 6.86. The Kier molecular flexibility index (Phi) is 5.43. The Balaban J connectivity index is 2.39. The van der Waals surface area contributed by atoms with E-state index in [0.717, 1.165) is 25.3 Å². The zero-order valence-corrected chi connectivity index (χ0v) is 12.9. The number of nitrogens with zero attached hydrogens (tertiary/aromatic N) is 2. The summed E-state index contributed by atoms with van der Waals surface area (Å²) in [6.07, 6.45) is 1.17. The van der Waals surface area contributed by atoms with Gasteiger partial charge in [0, 0.05) is 6.07 Å². The van der Waals surface area contributed by atoms with Gasteiger partial charge in [-0.1, -0.05) is 6.07 Å². The number of esters is 1. The van der Waals surface area contributed by atoms with Crippen LogP contribution in [-0.2, 0) is 9.53 Å². The molecule has 0 radical (unpaired) electrons. The molecule has 0 bridgehead atoms. The van der Waals surface area contributed by atoms with Gasteiger partial charge in [0.1, 0.15) is 23.2 Å². The number of nitro benzene ring substituents is 1. The number of nitro groups is 1. The Morgan fingerprint density at radius 1 is 1.28 bits per heavy atom. The topological polar surface area (TPSA) is 102 Å². The van der Waals surface area contributed by atoms with E-state index in [0.29, 0.717) is 0 Å². The standard InChI is InChI=1S/C17H11FN2O5/c1-24-17(21)12(10-19)8-11-2-7-16(15(9-11)20(22)23)25-14-5-3-13(18)4-6-14/h2-9H,1H3. The second kappa shape index (κ2) is 7.70. The van der Waals surface area contributed by atoms with Crippen molar-refractivity contribution in [3.8, 4) is 17.6 Å². The average molecular weight is 342 g/mol. The Hall–Kier alpha value is -3.73. The molecule has 25 heavy (non-hydrogen) atoms. The molecule has 8 heteroatoms. The van der Waals surface area contributed by atoms with Crippen molar-refractivity contribution in [2.24, 2.45) is 0 Å². The Bertz CT molecular complexity index is 885. The summed E-state index contributed by atoms with van der Waals surface area (Å²) in [6, 6.07) is 10.6. The van der Waals surface area contributed by atoms with E-state index in [-0.39, 0.29) is 28.3 Å². The second-order valence-electron chi connectivity index (χ2n) is 4.70.